The molecule has 9 nitrogen and oxygen atoms in total. The van der Waals surface area contributed by atoms with E-state index in [1.807, 2.05) is 27.7 Å². The number of esters is 1. The highest BCUT2D eigenvalue weighted by atomic mass is 32.2. The average molecular weight is 407 g/mol. The van der Waals surface area contributed by atoms with E-state index >= 15 is 0 Å². The topological polar surface area (TPSA) is 120 Å². The fraction of sp³-hybridized carbons (Fsp3) is 0.824. The number of carbonyl (C=O) groups is 3. The highest BCUT2D eigenvalue weighted by molar-refractivity contribution is 7.75. The number of amides is 2. The van der Waals surface area contributed by atoms with Crippen LogP contribution in [-0.4, -0.2) is 53.4 Å². The van der Waals surface area contributed by atoms with Crippen molar-refractivity contribution in [1.29, 1.82) is 0 Å². The zero-order valence-corrected chi connectivity index (χ0v) is 17.3. The third kappa shape index (κ3) is 7.94. The summed E-state index contributed by atoms with van der Waals surface area (Å²) in [7, 11) is 0. The van der Waals surface area contributed by atoms with Crippen molar-refractivity contribution in [3.05, 3.63) is 0 Å². The Morgan fingerprint density at radius 1 is 1.07 bits per heavy atom. The summed E-state index contributed by atoms with van der Waals surface area (Å²) in [6.07, 6.45) is -1.66. The van der Waals surface area contributed by atoms with Crippen LogP contribution < -0.4 is 10.6 Å². The van der Waals surface area contributed by atoms with E-state index in [0.29, 0.717) is 18.9 Å². The molecule has 0 radical (unpaired) electrons. The normalized spacial score (nSPS) is 23.3. The molecule has 2 N–H and O–H groups in total. The molecule has 0 aromatic rings. The van der Waals surface area contributed by atoms with Crippen LogP contribution in [0.3, 0.4) is 0 Å². The van der Waals surface area contributed by atoms with E-state index in [4.69, 9.17) is 13.1 Å². The lowest BCUT2D eigenvalue weighted by Crippen LogP contribution is -2.53. The molecule has 156 valence electrons. The quantitative estimate of drug-likeness (QED) is 0.510. The first-order valence-corrected chi connectivity index (χ1v) is 10.2. The molecule has 0 aliphatic carbocycles. The number of carbonyl (C=O) groups excluding carboxylic acids is 3. The molecular formula is C17H30N2O7S. The predicted octanol–water partition coefficient (Wildman–Crippen LogP) is 0.605. The van der Waals surface area contributed by atoms with Gasteiger partial charge in [0.05, 0.1) is 6.61 Å². The maximum atomic E-state index is 12.6. The maximum Gasteiger partial charge on any atom is 0.340 e. The smallest absolute Gasteiger partial charge is 0.340 e. The van der Waals surface area contributed by atoms with Crippen LogP contribution in [0.2, 0.25) is 0 Å². The summed E-state index contributed by atoms with van der Waals surface area (Å²) in [4.78, 5) is 36.9. The van der Waals surface area contributed by atoms with Gasteiger partial charge in [0.2, 0.25) is 12.0 Å². The highest BCUT2D eigenvalue weighted by Gasteiger charge is 2.47. The SMILES string of the molecule is CCOC(=O)[C@H]1OS(=O)O[C@@H]1C(=O)N[C@@H](CC(C)C)C(=O)NCCC(C)C. The molecule has 0 aromatic heterocycles. The molecule has 1 rings (SSSR count). The largest absolute Gasteiger partial charge is 0.464 e. The van der Waals surface area contributed by atoms with Crippen LogP contribution in [0.15, 0.2) is 0 Å². The second-order valence-electron chi connectivity index (χ2n) is 7.15. The van der Waals surface area contributed by atoms with Gasteiger partial charge in [0.1, 0.15) is 6.04 Å². The van der Waals surface area contributed by atoms with Crippen molar-refractivity contribution in [1.82, 2.24) is 10.6 Å². The molecule has 0 spiro atoms. The Morgan fingerprint density at radius 3 is 2.26 bits per heavy atom. The Bertz CT molecular complexity index is 553. The summed E-state index contributed by atoms with van der Waals surface area (Å²) in [5, 5.41) is 5.38. The lowest BCUT2D eigenvalue weighted by atomic mass is 10.0. The van der Waals surface area contributed by atoms with E-state index < -0.39 is 41.5 Å². The van der Waals surface area contributed by atoms with Gasteiger partial charge >= 0.3 is 17.3 Å². The van der Waals surface area contributed by atoms with Gasteiger partial charge in [-0.05, 0) is 31.6 Å². The second kappa shape index (κ2) is 11.4. The molecule has 0 saturated carbocycles. The Kier molecular flexibility index (Phi) is 9.89. The number of nitrogens with one attached hydrogen (secondary N) is 2. The van der Waals surface area contributed by atoms with Gasteiger partial charge in [-0.2, -0.15) is 4.21 Å². The average Bonchev–Trinajstić information content (AvgIpc) is 2.95. The number of hydrogen-bond donors (Lipinski definition) is 2. The fourth-order valence-corrected chi connectivity index (χ4v) is 3.18. The van der Waals surface area contributed by atoms with Crippen molar-refractivity contribution in [3.63, 3.8) is 0 Å². The Morgan fingerprint density at radius 2 is 1.70 bits per heavy atom. The molecule has 1 aliphatic rings. The first-order chi connectivity index (χ1) is 12.6. The molecule has 1 unspecified atom stereocenters. The molecule has 1 heterocycles. The minimum atomic E-state index is -2.24. The molecule has 27 heavy (non-hydrogen) atoms. The Labute approximate surface area is 162 Å². The number of hydrogen-bond acceptors (Lipinski definition) is 7. The van der Waals surface area contributed by atoms with Gasteiger partial charge in [-0.25, -0.2) is 8.98 Å². The van der Waals surface area contributed by atoms with E-state index in [0.717, 1.165) is 6.42 Å². The summed E-state index contributed by atoms with van der Waals surface area (Å²) < 4.78 is 26.0. The number of ether oxygens (including phenoxy) is 1. The van der Waals surface area contributed by atoms with Crippen LogP contribution in [0.5, 0.6) is 0 Å². The van der Waals surface area contributed by atoms with Gasteiger partial charge in [0.25, 0.3) is 5.91 Å². The van der Waals surface area contributed by atoms with Gasteiger partial charge < -0.3 is 15.4 Å². The van der Waals surface area contributed by atoms with Crippen LogP contribution in [0, 0.1) is 11.8 Å². The Hall–Kier alpha value is -1.52. The molecular weight excluding hydrogens is 376 g/mol. The van der Waals surface area contributed by atoms with E-state index in [9.17, 15) is 18.6 Å². The lowest BCUT2D eigenvalue weighted by molar-refractivity contribution is -0.155. The third-order valence-electron chi connectivity index (χ3n) is 3.78. The van der Waals surface area contributed by atoms with Gasteiger partial charge in [-0.3, -0.25) is 13.8 Å². The summed E-state index contributed by atoms with van der Waals surface area (Å²) in [5.41, 5.74) is 0. The van der Waals surface area contributed by atoms with Crippen molar-refractivity contribution in [2.45, 2.75) is 65.7 Å². The number of rotatable bonds is 10. The molecule has 0 bridgehead atoms. The molecule has 1 aliphatic heterocycles. The van der Waals surface area contributed by atoms with Crippen molar-refractivity contribution in [3.8, 4) is 0 Å². The highest BCUT2D eigenvalue weighted by Crippen LogP contribution is 2.20. The van der Waals surface area contributed by atoms with Crippen LogP contribution in [0.4, 0.5) is 0 Å². The maximum absolute atomic E-state index is 12.6. The molecule has 2 amide bonds. The standard InChI is InChI=1S/C17H30N2O7S/c1-6-24-17(22)14-13(25-27(23)26-14)16(21)19-12(9-11(4)5)15(20)18-8-7-10(2)3/h10-14H,6-9H2,1-5H3,(H,18,20)(H,19,21)/t12-,13-,14-,27?/m0/s1. The minimum absolute atomic E-state index is 0.0773. The predicted molar refractivity (Wildman–Crippen MR) is 98.4 cm³/mol. The molecule has 10 heteroatoms. The van der Waals surface area contributed by atoms with Crippen molar-refractivity contribution < 1.29 is 31.7 Å². The van der Waals surface area contributed by atoms with Crippen molar-refractivity contribution in [2.24, 2.45) is 11.8 Å². The van der Waals surface area contributed by atoms with Crippen LogP contribution in [0.1, 0.15) is 47.5 Å². The van der Waals surface area contributed by atoms with Gasteiger partial charge in [0, 0.05) is 6.54 Å². The fourth-order valence-electron chi connectivity index (χ4n) is 2.43. The molecule has 1 fully saturated rings. The summed E-state index contributed by atoms with van der Waals surface area (Å²) >= 11 is -2.24. The summed E-state index contributed by atoms with van der Waals surface area (Å²) in [5.74, 6) is -1.33. The summed E-state index contributed by atoms with van der Waals surface area (Å²) in [6.45, 7) is 10.1. The minimum Gasteiger partial charge on any atom is -0.464 e. The van der Waals surface area contributed by atoms with Crippen LogP contribution in [-0.2, 0) is 38.8 Å². The van der Waals surface area contributed by atoms with Gasteiger partial charge in [0.15, 0.2) is 6.10 Å². The van der Waals surface area contributed by atoms with E-state index in [2.05, 4.69) is 10.6 Å². The van der Waals surface area contributed by atoms with Gasteiger partial charge in [-0.15, -0.1) is 0 Å². The van der Waals surface area contributed by atoms with Gasteiger partial charge in [-0.1, -0.05) is 27.7 Å². The summed E-state index contributed by atoms with van der Waals surface area (Å²) in [6, 6.07) is -0.801. The monoisotopic (exact) mass is 406 g/mol. The zero-order valence-electron chi connectivity index (χ0n) is 16.5. The van der Waals surface area contributed by atoms with Crippen molar-refractivity contribution >= 4 is 29.1 Å². The Balaban J connectivity index is 2.77. The first-order valence-electron chi connectivity index (χ1n) is 9.16. The van der Waals surface area contributed by atoms with Crippen LogP contribution >= 0.6 is 0 Å². The van der Waals surface area contributed by atoms with Crippen LogP contribution in [0.25, 0.3) is 0 Å². The van der Waals surface area contributed by atoms with E-state index in [1.54, 1.807) is 6.92 Å². The van der Waals surface area contributed by atoms with Crippen molar-refractivity contribution in [2.75, 3.05) is 13.2 Å². The zero-order chi connectivity index (χ0) is 20.6. The molecule has 0 aromatic carbocycles. The van der Waals surface area contributed by atoms with E-state index in [1.165, 1.54) is 0 Å². The molecule has 4 atom stereocenters. The lowest BCUT2D eigenvalue weighted by Gasteiger charge is -2.22. The third-order valence-corrected chi connectivity index (χ3v) is 4.51. The first kappa shape index (κ1) is 23.5. The molecule has 1 saturated heterocycles. The van der Waals surface area contributed by atoms with E-state index in [-0.39, 0.29) is 18.4 Å². The second-order valence-corrected chi connectivity index (χ2v) is 7.95.